The van der Waals surface area contributed by atoms with Crippen LogP contribution in [-0.2, 0) is 19.2 Å². The molecule has 9 atom stereocenters. The standard InChI is InChI=1S/C20H34O5/c1-11(2)16(21)10-17-13(4)15-7-6-12(3)14-8-9-19(5)23-18(22-17)20(14,15)25-24-19/h11-18,21H,6-10H2,1-5H3/t12-,13-,14+,15+,16-,17-,18-,19+,20-/m1/s1. The summed E-state index contributed by atoms with van der Waals surface area (Å²) >= 11 is 0. The van der Waals surface area contributed by atoms with Gasteiger partial charge >= 0.3 is 0 Å². The molecule has 5 heteroatoms. The molecule has 5 fully saturated rings. The van der Waals surface area contributed by atoms with Gasteiger partial charge in [0.1, 0.15) is 0 Å². The number of fused-ring (bicyclic) bond motifs is 2. The Balaban J connectivity index is 1.67. The van der Waals surface area contributed by atoms with E-state index in [4.69, 9.17) is 19.2 Å². The minimum Gasteiger partial charge on any atom is -0.393 e. The van der Waals surface area contributed by atoms with Crippen LogP contribution in [0.1, 0.15) is 66.7 Å². The van der Waals surface area contributed by atoms with Crippen molar-refractivity contribution in [3.8, 4) is 0 Å². The number of ether oxygens (including phenoxy) is 2. The average Bonchev–Trinajstić information content (AvgIpc) is 2.78. The number of aliphatic hydroxyl groups excluding tert-OH is 1. The zero-order chi connectivity index (χ0) is 18.0. The van der Waals surface area contributed by atoms with Crippen LogP contribution in [-0.4, -0.2) is 35.0 Å². The van der Waals surface area contributed by atoms with E-state index >= 15 is 0 Å². The second-order valence-electron chi connectivity index (χ2n) is 9.49. The summed E-state index contributed by atoms with van der Waals surface area (Å²) in [4.78, 5) is 12.0. The normalized spacial score (nSPS) is 53.4. The van der Waals surface area contributed by atoms with Gasteiger partial charge in [0, 0.05) is 18.8 Å². The first kappa shape index (κ1) is 18.2. The highest BCUT2D eigenvalue weighted by molar-refractivity contribution is 5.09. The summed E-state index contributed by atoms with van der Waals surface area (Å²) in [6.45, 7) is 10.6. The second kappa shape index (κ2) is 6.16. The Hall–Kier alpha value is -0.200. The fraction of sp³-hybridized carbons (Fsp3) is 1.00. The smallest absolute Gasteiger partial charge is 0.201 e. The van der Waals surface area contributed by atoms with E-state index < -0.39 is 17.7 Å². The van der Waals surface area contributed by atoms with Gasteiger partial charge in [-0.1, -0.05) is 27.7 Å². The van der Waals surface area contributed by atoms with Gasteiger partial charge in [-0.2, -0.15) is 0 Å². The van der Waals surface area contributed by atoms with Gasteiger partial charge in [0.15, 0.2) is 11.9 Å². The predicted octanol–water partition coefficient (Wildman–Crippen LogP) is 3.64. The van der Waals surface area contributed by atoms with Crippen LogP contribution in [0.2, 0.25) is 0 Å². The maximum atomic E-state index is 10.4. The summed E-state index contributed by atoms with van der Waals surface area (Å²) in [6.07, 6.45) is 4.12. The Bertz CT molecular complexity index is 510. The van der Waals surface area contributed by atoms with Crippen LogP contribution in [0.3, 0.4) is 0 Å². The molecule has 0 aromatic carbocycles. The van der Waals surface area contributed by atoms with Crippen LogP contribution >= 0.6 is 0 Å². The fourth-order valence-electron chi connectivity index (χ4n) is 5.76. The van der Waals surface area contributed by atoms with E-state index in [1.165, 1.54) is 6.42 Å². The third-order valence-electron chi connectivity index (χ3n) is 7.54. The molecule has 0 aromatic rings. The lowest BCUT2D eigenvalue weighted by Gasteiger charge is -2.60. The first-order chi connectivity index (χ1) is 11.8. The van der Waals surface area contributed by atoms with Crippen LogP contribution in [0.5, 0.6) is 0 Å². The monoisotopic (exact) mass is 354 g/mol. The molecule has 1 aliphatic carbocycles. The molecule has 5 rings (SSSR count). The van der Waals surface area contributed by atoms with Crippen LogP contribution in [0.4, 0.5) is 0 Å². The molecule has 1 saturated carbocycles. The maximum absolute atomic E-state index is 10.4. The summed E-state index contributed by atoms with van der Waals surface area (Å²) < 4.78 is 12.8. The van der Waals surface area contributed by atoms with Crippen molar-refractivity contribution in [1.82, 2.24) is 0 Å². The molecule has 25 heavy (non-hydrogen) atoms. The minimum atomic E-state index is -0.723. The number of rotatable bonds is 3. The van der Waals surface area contributed by atoms with Crippen molar-refractivity contribution in [3.05, 3.63) is 0 Å². The SMILES string of the molecule is CC(C)[C@H](O)C[C@H]1O[C@@H]2O[C@]3(C)CC[C@H]4[C@H](C)CC[C@@H]([C@H]1C)[C@@]24OO3. The van der Waals surface area contributed by atoms with Crippen LogP contribution in [0.15, 0.2) is 0 Å². The summed E-state index contributed by atoms with van der Waals surface area (Å²) in [6, 6.07) is 0. The van der Waals surface area contributed by atoms with E-state index in [1.807, 2.05) is 6.92 Å². The highest BCUT2D eigenvalue weighted by Gasteiger charge is 2.69. The summed E-state index contributed by atoms with van der Waals surface area (Å²) in [5.41, 5.74) is -0.494. The molecule has 1 spiro atoms. The van der Waals surface area contributed by atoms with Gasteiger partial charge in [-0.15, -0.1) is 0 Å². The first-order valence-corrected chi connectivity index (χ1v) is 10.1. The van der Waals surface area contributed by atoms with Crippen molar-refractivity contribution in [2.75, 3.05) is 0 Å². The molecule has 144 valence electrons. The Kier molecular flexibility index (Phi) is 4.48. The molecule has 0 amide bonds. The maximum Gasteiger partial charge on any atom is 0.201 e. The number of aliphatic hydroxyl groups is 1. The van der Waals surface area contributed by atoms with Crippen molar-refractivity contribution < 1.29 is 24.4 Å². The predicted molar refractivity (Wildman–Crippen MR) is 92.3 cm³/mol. The number of hydrogen-bond acceptors (Lipinski definition) is 5. The van der Waals surface area contributed by atoms with Crippen molar-refractivity contribution >= 4 is 0 Å². The van der Waals surface area contributed by atoms with Crippen LogP contribution < -0.4 is 0 Å². The van der Waals surface area contributed by atoms with E-state index in [0.29, 0.717) is 30.1 Å². The molecule has 1 N–H and O–H groups in total. The summed E-state index contributed by atoms with van der Waals surface area (Å²) in [5, 5.41) is 10.4. The topological polar surface area (TPSA) is 57.2 Å². The molecule has 4 saturated heterocycles. The van der Waals surface area contributed by atoms with Crippen molar-refractivity contribution in [2.24, 2.45) is 29.6 Å². The van der Waals surface area contributed by atoms with Crippen molar-refractivity contribution in [1.29, 1.82) is 0 Å². The lowest BCUT2D eigenvalue weighted by atomic mass is 9.57. The van der Waals surface area contributed by atoms with Gasteiger partial charge in [-0.3, -0.25) is 0 Å². The average molecular weight is 354 g/mol. The quantitative estimate of drug-likeness (QED) is 0.784. The Morgan fingerprint density at radius 2 is 1.84 bits per heavy atom. The third-order valence-corrected chi connectivity index (χ3v) is 7.54. The van der Waals surface area contributed by atoms with Crippen LogP contribution in [0.25, 0.3) is 0 Å². The Morgan fingerprint density at radius 3 is 2.56 bits per heavy atom. The van der Waals surface area contributed by atoms with E-state index in [9.17, 15) is 5.11 Å². The third kappa shape index (κ3) is 2.69. The molecule has 2 bridgehead atoms. The molecular weight excluding hydrogens is 320 g/mol. The van der Waals surface area contributed by atoms with Gasteiger partial charge in [0.05, 0.1) is 12.2 Å². The lowest BCUT2D eigenvalue weighted by Crippen LogP contribution is -2.70. The molecule has 0 aromatic heterocycles. The Labute approximate surface area is 151 Å². The molecule has 4 aliphatic heterocycles. The molecular formula is C20H34O5. The van der Waals surface area contributed by atoms with E-state index in [1.54, 1.807) is 0 Å². The van der Waals surface area contributed by atoms with Gasteiger partial charge in [-0.05, 0) is 49.9 Å². The minimum absolute atomic E-state index is 0.00127. The molecule has 5 nitrogen and oxygen atoms in total. The fourth-order valence-corrected chi connectivity index (χ4v) is 5.76. The van der Waals surface area contributed by atoms with Gasteiger partial charge in [0.2, 0.25) is 5.79 Å². The molecule has 0 unspecified atom stereocenters. The van der Waals surface area contributed by atoms with Crippen LogP contribution in [0, 0.1) is 29.6 Å². The van der Waals surface area contributed by atoms with Gasteiger partial charge < -0.3 is 14.6 Å². The largest absolute Gasteiger partial charge is 0.393 e. The molecule has 0 radical (unpaired) electrons. The summed E-state index contributed by atoms with van der Waals surface area (Å²) in [7, 11) is 0. The van der Waals surface area contributed by atoms with Gasteiger partial charge in [-0.25, -0.2) is 9.78 Å². The zero-order valence-electron chi connectivity index (χ0n) is 16.2. The Morgan fingerprint density at radius 1 is 1.08 bits per heavy atom. The molecule has 5 aliphatic rings. The lowest BCUT2D eigenvalue weighted by molar-refractivity contribution is -0.571. The van der Waals surface area contributed by atoms with Crippen molar-refractivity contribution in [3.63, 3.8) is 0 Å². The van der Waals surface area contributed by atoms with Crippen molar-refractivity contribution in [2.45, 2.75) is 96.6 Å². The highest BCUT2D eigenvalue weighted by atomic mass is 17.3. The first-order valence-electron chi connectivity index (χ1n) is 10.1. The second-order valence-corrected chi connectivity index (χ2v) is 9.49. The zero-order valence-corrected chi connectivity index (χ0v) is 16.2. The highest BCUT2D eigenvalue weighted by Crippen LogP contribution is 2.60. The van der Waals surface area contributed by atoms with E-state index in [-0.39, 0.29) is 18.1 Å². The molecule has 4 heterocycles. The van der Waals surface area contributed by atoms with Gasteiger partial charge in [0.25, 0.3) is 0 Å². The van der Waals surface area contributed by atoms with E-state index in [2.05, 4.69) is 27.7 Å². The summed E-state index contributed by atoms with van der Waals surface area (Å²) in [5.74, 6) is 1.15. The number of hydrogen-bond donors (Lipinski definition) is 1. The van der Waals surface area contributed by atoms with E-state index in [0.717, 1.165) is 19.3 Å².